The number of nitrogens with zero attached hydrogens (tertiary/aromatic N) is 1. The quantitative estimate of drug-likeness (QED) is 0.865. The van der Waals surface area contributed by atoms with Crippen LogP contribution in [0.15, 0.2) is 18.5 Å². The van der Waals surface area contributed by atoms with Crippen LogP contribution in [0.1, 0.15) is 24.0 Å². The predicted molar refractivity (Wildman–Crippen MR) is 66.7 cm³/mol. The molecular weight excluding hydrogens is 220 g/mol. The first kappa shape index (κ1) is 11.7. The van der Waals surface area contributed by atoms with Gasteiger partial charge in [-0.05, 0) is 37.0 Å². The number of aromatic nitrogens is 1. The molecule has 1 aliphatic heterocycles. The Kier molecular flexibility index (Phi) is 4.07. The topological polar surface area (TPSA) is 42.0 Å². The van der Waals surface area contributed by atoms with Gasteiger partial charge in [-0.2, -0.15) is 0 Å². The number of rotatable bonds is 3. The zero-order valence-corrected chi connectivity index (χ0v) is 10.4. The number of hydrogen-bond donors (Lipinski definition) is 1. The molecule has 1 aromatic rings. The molecule has 0 aromatic carbocycles. The predicted octanol–water partition coefficient (Wildman–Crippen LogP) is 1.39. The summed E-state index contributed by atoms with van der Waals surface area (Å²) in [4.78, 5) is 4.13. The third kappa shape index (κ3) is 3.12. The lowest BCUT2D eigenvalue weighted by Gasteiger charge is -2.22. The average molecular weight is 238 g/mol. The van der Waals surface area contributed by atoms with Gasteiger partial charge < -0.3 is 5.32 Å². The lowest BCUT2D eigenvalue weighted by atomic mass is 10.1. The molecule has 1 saturated heterocycles. The lowest BCUT2D eigenvalue weighted by Crippen LogP contribution is -2.35. The van der Waals surface area contributed by atoms with E-state index in [4.69, 9.17) is 0 Å². The van der Waals surface area contributed by atoms with Crippen molar-refractivity contribution in [3.8, 4) is 0 Å². The average Bonchev–Trinajstić information content (AvgIpc) is 2.30. The van der Waals surface area contributed by atoms with Gasteiger partial charge in [0, 0.05) is 47.3 Å². The Morgan fingerprint density at radius 1 is 1.50 bits per heavy atom. The molecule has 88 valence electrons. The highest BCUT2D eigenvalue weighted by atomic mass is 32.2. The van der Waals surface area contributed by atoms with Crippen LogP contribution >= 0.6 is 0 Å². The Hall–Kier alpha value is -0.740. The van der Waals surface area contributed by atoms with Crippen molar-refractivity contribution < 1.29 is 4.21 Å². The summed E-state index contributed by atoms with van der Waals surface area (Å²) in [6.45, 7) is 2.98. The van der Waals surface area contributed by atoms with Crippen LogP contribution in [-0.4, -0.2) is 26.7 Å². The molecule has 0 atom stereocenters. The summed E-state index contributed by atoms with van der Waals surface area (Å²) < 4.78 is 11.2. The van der Waals surface area contributed by atoms with Crippen molar-refractivity contribution in [2.24, 2.45) is 0 Å². The van der Waals surface area contributed by atoms with E-state index >= 15 is 0 Å². The second-order valence-electron chi connectivity index (χ2n) is 4.31. The highest BCUT2D eigenvalue weighted by Gasteiger charge is 2.17. The van der Waals surface area contributed by atoms with Crippen LogP contribution in [0, 0.1) is 6.92 Å². The van der Waals surface area contributed by atoms with Crippen molar-refractivity contribution in [2.45, 2.75) is 32.4 Å². The molecule has 3 nitrogen and oxygen atoms in total. The van der Waals surface area contributed by atoms with Crippen molar-refractivity contribution in [2.75, 3.05) is 11.5 Å². The third-order valence-electron chi connectivity index (χ3n) is 3.12. The Morgan fingerprint density at radius 2 is 2.25 bits per heavy atom. The fourth-order valence-corrected chi connectivity index (χ4v) is 3.23. The molecule has 0 radical (unpaired) electrons. The highest BCUT2D eigenvalue weighted by Crippen LogP contribution is 2.11. The number of pyridine rings is 1. The Balaban J connectivity index is 1.84. The van der Waals surface area contributed by atoms with Gasteiger partial charge >= 0.3 is 0 Å². The van der Waals surface area contributed by atoms with E-state index in [-0.39, 0.29) is 0 Å². The van der Waals surface area contributed by atoms with Crippen LogP contribution in [0.3, 0.4) is 0 Å². The Labute approximate surface area is 99.1 Å². The van der Waals surface area contributed by atoms with Gasteiger partial charge in [0.25, 0.3) is 0 Å². The molecule has 1 aliphatic rings. The molecule has 4 heteroatoms. The minimum Gasteiger partial charge on any atom is -0.310 e. The van der Waals surface area contributed by atoms with Crippen LogP contribution in [0.2, 0.25) is 0 Å². The Bertz CT molecular complexity index is 371. The van der Waals surface area contributed by atoms with Gasteiger partial charge in [0.1, 0.15) is 0 Å². The van der Waals surface area contributed by atoms with Gasteiger partial charge in [0.15, 0.2) is 0 Å². The normalized spacial score (nSPS) is 25.6. The maximum Gasteiger partial charge on any atom is 0.0315 e. The summed E-state index contributed by atoms with van der Waals surface area (Å²) in [5.74, 6) is 1.70. The fourth-order valence-electron chi connectivity index (χ4n) is 1.93. The first-order valence-corrected chi connectivity index (χ1v) is 7.22. The molecule has 1 fully saturated rings. The van der Waals surface area contributed by atoms with Gasteiger partial charge in [-0.25, -0.2) is 0 Å². The molecule has 0 saturated carbocycles. The van der Waals surface area contributed by atoms with E-state index in [1.165, 1.54) is 11.1 Å². The third-order valence-corrected chi connectivity index (χ3v) is 4.50. The van der Waals surface area contributed by atoms with Crippen molar-refractivity contribution in [3.63, 3.8) is 0 Å². The fraction of sp³-hybridized carbons (Fsp3) is 0.583. The molecule has 0 unspecified atom stereocenters. The first-order chi connectivity index (χ1) is 7.75. The minimum absolute atomic E-state index is 0.525. The largest absolute Gasteiger partial charge is 0.310 e. The summed E-state index contributed by atoms with van der Waals surface area (Å²) in [7, 11) is -0.566. The monoisotopic (exact) mass is 238 g/mol. The lowest BCUT2D eigenvalue weighted by molar-refractivity contribution is 0.474. The molecule has 2 rings (SSSR count). The van der Waals surface area contributed by atoms with Crippen molar-refractivity contribution in [1.82, 2.24) is 10.3 Å². The van der Waals surface area contributed by atoms with E-state index in [2.05, 4.69) is 17.2 Å². The number of nitrogens with one attached hydrogen (secondary N) is 1. The van der Waals surface area contributed by atoms with Gasteiger partial charge in [-0.1, -0.05) is 0 Å². The second kappa shape index (κ2) is 5.55. The standard InChI is InChI=1S/C12H18N2OS/c1-10-2-5-13-8-11(10)9-14-12-3-6-16(15)7-4-12/h2,5,8,12,14H,3-4,6-7,9H2,1H3. The summed E-state index contributed by atoms with van der Waals surface area (Å²) in [5.41, 5.74) is 2.54. The van der Waals surface area contributed by atoms with Crippen molar-refractivity contribution in [3.05, 3.63) is 29.6 Å². The second-order valence-corrected chi connectivity index (χ2v) is 6.00. The summed E-state index contributed by atoms with van der Waals surface area (Å²) in [5, 5.41) is 3.52. The van der Waals surface area contributed by atoms with E-state index in [1.54, 1.807) is 0 Å². The summed E-state index contributed by atoms with van der Waals surface area (Å²) in [6.07, 6.45) is 5.81. The van der Waals surface area contributed by atoms with E-state index in [1.807, 2.05) is 18.5 Å². The molecule has 0 amide bonds. The van der Waals surface area contributed by atoms with Gasteiger partial charge in [0.2, 0.25) is 0 Å². The van der Waals surface area contributed by atoms with E-state index in [0.29, 0.717) is 6.04 Å². The van der Waals surface area contributed by atoms with Gasteiger partial charge in [-0.3, -0.25) is 9.19 Å². The molecule has 0 aliphatic carbocycles. The smallest absolute Gasteiger partial charge is 0.0315 e. The number of hydrogen-bond acceptors (Lipinski definition) is 3. The highest BCUT2D eigenvalue weighted by molar-refractivity contribution is 7.85. The molecule has 16 heavy (non-hydrogen) atoms. The van der Waals surface area contributed by atoms with Gasteiger partial charge in [-0.15, -0.1) is 0 Å². The SMILES string of the molecule is Cc1ccncc1CNC1CCS(=O)CC1. The van der Waals surface area contributed by atoms with Crippen LogP contribution in [0.25, 0.3) is 0 Å². The Morgan fingerprint density at radius 3 is 2.94 bits per heavy atom. The zero-order valence-electron chi connectivity index (χ0n) is 9.61. The van der Waals surface area contributed by atoms with Crippen LogP contribution in [-0.2, 0) is 17.3 Å². The van der Waals surface area contributed by atoms with Crippen LogP contribution in [0.4, 0.5) is 0 Å². The van der Waals surface area contributed by atoms with Crippen LogP contribution < -0.4 is 5.32 Å². The summed E-state index contributed by atoms with van der Waals surface area (Å²) >= 11 is 0. The molecule has 0 bridgehead atoms. The molecule has 2 heterocycles. The molecule has 0 spiro atoms. The maximum atomic E-state index is 11.2. The van der Waals surface area contributed by atoms with E-state index in [0.717, 1.165) is 30.9 Å². The first-order valence-electron chi connectivity index (χ1n) is 5.73. The molecular formula is C12H18N2OS. The van der Waals surface area contributed by atoms with Gasteiger partial charge in [0.05, 0.1) is 0 Å². The molecule has 1 aromatic heterocycles. The molecule has 1 N–H and O–H groups in total. The number of aryl methyl sites for hydroxylation is 1. The van der Waals surface area contributed by atoms with Crippen molar-refractivity contribution >= 4 is 10.8 Å². The maximum absolute atomic E-state index is 11.2. The minimum atomic E-state index is -0.566. The van der Waals surface area contributed by atoms with Crippen molar-refractivity contribution in [1.29, 1.82) is 0 Å². The van der Waals surface area contributed by atoms with E-state index < -0.39 is 10.8 Å². The summed E-state index contributed by atoms with van der Waals surface area (Å²) in [6, 6.07) is 2.56. The van der Waals surface area contributed by atoms with Crippen LogP contribution in [0.5, 0.6) is 0 Å². The zero-order chi connectivity index (χ0) is 11.4. The van der Waals surface area contributed by atoms with E-state index in [9.17, 15) is 4.21 Å².